The van der Waals surface area contributed by atoms with Gasteiger partial charge in [-0.3, -0.25) is 4.79 Å². The Bertz CT molecular complexity index is 432. The molecular weight excluding hydrogens is 236 g/mol. The Hall–Kier alpha value is -1.35. The maximum atomic E-state index is 12.5. The standard InChI is InChI=1S/C16H24N2O/c1-12(14-9-10-14)18(15(19)16(2,3)17)11-13-7-5-4-6-8-13/h4-8,12,14H,9-11,17H2,1-3H3. The van der Waals surface area contributed by atoms with E-state index in [-0.39, 0.29) is 11.9 Å². The highest BCUT2D eigenvalue weighted by Crippen LogP contribution is 2.36. The number of hydrogen-bond acceptors (Lipinski definition) is 2. The van der Waals surface area contributed by atoms with Gasteiger partial charge in [0.25, 0.3) is 0 Å². The van der Waals surface area contributed by atoms with Crippen LogP contribution in [0.1, 0.15) is 39.2 Å². The normalized spacial score (nSPS) is 17.1. The molecule has 0 spiro atoms. The molecule has 1 saturated carbocycles. The molecule has 0 aliphatic heterocycles. The maximum Gasteiger partial charge on any atom is 0.242 e. The lowest BCUT2D eigenvalue weighted by Gasteiger charge is -2.34. The van der Waals surface area contributed by atoms with Crippen LogP contribution in [0.15, 0.2) is 30.3 Å². The van der Waals surface area contributed by atoms with Gasteiger partial charge >= 0.3 is 0 Å². The van der Waals surface area contributed by atoms with E-state index in [0.29, 0.717) is 12.5 Å². The van der Waals surface area contributed by atoms with Crippen LogP contribution >= 0.6 is 0 Å². The maximum absolute atomic E-state index is 12.5. The molecule has 0 saturated heterocycles. The Kier molecular flexibility index (Phi) is 3.95. The van der Waals surface area contributed by atoms with E-state index in [1.54, 1.807) is 13.8 Å². The Labute approximate surface area is 115 Å². The van der Waals surface area contributed by atoms with Gasteiger partial charge in [0.2, 0.25) is 5.91 Å². The molecule has 0 heterocycles. The quantitative estimate of drug-likeness (QED) is 0.884. The topological polar surface area (TPSA) is 46.3 Å². The number of carbonyl (C=O) groups is 1. The minimum Gasteiger partial charge on any atom is -0.334 e. The minimum atomic E-state index is -0.808. The molecule has 1 aromatic carbocycles. The third-order valence-electron chi connectivity index (χ3n) is 3.80. The first-order valence-electron chi connectivity index (χ1n) is 7.03. The fraction of sp³-hybridized carbons (Fsp3) is 0.562. The first-order valence-corrected chi connectivity index (χ1v) is 7.03. The molecule has 3 heteroatoms. The van der Waals surface area contributed by atoms with E-state index in [1.807, 2.05) is 23.1 Å². The van der Waals surface area contributed by atoms with Gasteiger partial charge in [-0.1, -0.05) is 30.3 Å². The summed E-state index contributed by atoms with van der Waals surface area (Å²) < 4.78 is 0. The van der Waals surface area contributed by atoms with Crippen molar-refractivity contribution in [3.63, 3.8) is 0 Å². The Morgan fingerprint density at radius 3 is 2.42 bits per heavy atom. The first kappa shape index (κ1) is 14.1. The number of nitrogens with two attached hydrogens (primary N) is 1. The summed E-state index contributed by atoms with van der Waals surface area (Å²) in [6.07, 6.45) is 2.45. The van der Waals surface area contributed by atoms with Crippen LogP contribution in [-0.2, 0) is 11.3 Å². The van der Waals surface area contributed by atoms with Crippen molar-refractivity contribution in [2.45, 2.75) is 51.7 Å². The highest BCUT2D eigenvalue weighted by Gasteiger charge is 2.37. The highest BCUT2D eigenvalue weighted by atomic mass is 16.2. The molecular formula is C16H24N2O. The van der Waals surface area contributed by atoms with Crippen molar-refractivity contribution in [2.24, 2.45) is 11.7 Å². The lowest BCUT2D eigenvalue weighted by atomic mass is 10.0. The predicted molar refractivity (Wildman–Crippen MR) is 77.4 cm³/mol. The van der Waals surface area contributed by atoms with Crippen LogP contribution in [0.4, 0.5) is 0 Å². The third kappa shape index (κ3) is 3.57. The van der Waals surface area contributed by atoms with Crippen LogP contribution in [0.5, 0.6) is 0 Å². The number of nitrogens with zero attached hydrogens (tertiary/aromatic N) is 1. The van der Waals surface area contributed by atoms with E-state index in [2.05, 4.69) is 19.1 Å². The Morgan fingerprint density at radius 2 is 1.95 bits per heavy atom. The summed E-state index contributed by atoms with van der Waals surface area (Å²) in [5, 5.41) is 0. The Morgan fingerprint density at radius 1 is 1.37 bits per heavy atom. The second-order valence-electron chi connectivity index (χ2n) is 6.22. The van der Waals surface area contributed by atoms with Crippen LogP contribution in [0, 0.1) is 5.92 Å². The average molecular weight is 260 g/mol. The van der Waals surface area contributed by atoms with Gasteiger partial charge in [-0.25, -0.2) is 0 Å². The van der Waals surface area contributed by atoms with E-state index in [9.17, 15) is 4.79 Å². The van der Waals surface area contributed by atoms with Gasteiger partial charge in [-0.15, -0.1) is 0 Å². The van der Waals surface area contributed by atoms with Crippen molar-refractivity contribution in [2.75, 3.05) is 0 Å². The number of hydrogen-bond donors (Lipinski definition) is 1. The minimum absolute atomic E-state index is 0.0377. The van der Waals surface area contributed by atoms with E-state index >= 15 is 0 Å². The lowest BCUT2D eigenvalue weighted by Crippen LogP contribution is -2.53. The number of carbonyl (C=O) groups excluding carboxylic acids is 1. The molecule has 2 N–H and O–H groups in total. The van der Waals surface area contributed by atoms with Crippen molar-refractivity contribution in [3.05, 3.63) is 35.9 Å². The van der Waals surface area contributed by atoms with Crippen molar-refractivity contribution < 1.29 is 4.79 Å². The summed E-state index contributed by atoms with van der Waals surface area (Å²) in [7, 11) is 0. The predicted octanol–water partition coefficient (Wildman–Crippen LogP) is 2.55. The summed E-state index contributed by atoms with van der Waals surface area (Å²) >= 11 is 0. The summed E-state index contributed by atoms with van der Waals surface area (Å²) in [4.78, 5) is 14.5. The first-order chi connectivity index (χ1) is 8.89. The summed E-state index contributed by atoms with van der Waals surface area (Å²) in [5.74, 6) is 0.686. The Balaban J connectivity index is 2.16. The summed E-state index contributed by atoms with van der Waals surface area (Å²) in [6.45, 7) is 6.36. The summed E-state index contributed by atoms with van der Waals surface area (Å²) in [6, 6.07) is 10.4. The molecule has 1 amide bonds. The van der Waals surface area contributed by atoms with Gasteiger partial charge in [0, 0.05) is 12.6 Å². The largest absolute Gasteiger partial charge is 0.334 e. The monoisotopic (exact) mass is 260 g/mol. The molecule has 1 aliphatic rings. The van der Waals surface area contributed by atoms with Crippen molar-refractivity contribution in [1.29, 1.82) is 0 Å². The van der Waals surface area contributed by atoms with E-state index in [0.717, 1.165) is 5.56 Å². The third-order valence-corrected chi connectivity index (χ3v) is 3.80. The smallest absolute Gasteiger partial charge is 0.242 e. The fourth-order valence-corrected chi connectivity index (χ4v) is 2.38. The van der Waals surface area contributed by atoms with Crippen molar-refractivity contribution >= 4 is 5.91 Å². The SMILES string of the molecule is CC(C1CC1)N(Cc1ccccc1)C(=O)C(C)(C)N. The zero-order valence-corrected chi connectivity index (χ0v) is 12.1. The molecule has 19 heavy (non-hydrogen) atoms. The van der Waals surface area contributed by atoms with Gasteiger partial charge < -0.3 is 10.6 Å². The zero-order chi connectivity index (χ0) is 14.0. The average Bonchev–Trinajstić information content (AvgIpc) is 3.18. The van der Waals surface area contributed by atoms with Crippen LogP contribution < -0.4 is 5.73 Å². The molecule has 1 atom stereocenters. The van der Waals surface area contributed by atoms with Gasteiger partial charge in [0.05, 0.1) is 5.54 Å². The van der Waals surface area contributed by atoms with Crippen LogP contribution in [0.3, 0.4) is 0 Å². The molecule has 1 aromatic rings. The van der Waals surface area contributed by atoms with Crippen LogP contribution in [0.2, 0.25) is 0 Å². The van der Waals surface area contributed by atoms with Crippen LogP contribution in [0.25, 0.3) is 0 Å². The van der Waals surface area contributed by atoms with Gasteiger partial charge in [0.1, 0.15) is 0 Å². The molecule has 3 nitrogen and oxygen atoms in total. The lowest BCUT2D eigenvalue weighted by molar-refractivity contribution is -0.139. The van der Waals surface area contributed by atoms with E-state index in [1.165, 1.54) is 12.8 Å². The molecule has 0 bridgehead atoms. The van der Waals surface area contributed by atoms with Crippen molar-refractivity contribution in [3.8, 4) is 0 Å². The molecule has 104 valence electrons. The highest BCUT2D eigenvalue weighted by molar-refractivity contribution is 5.85. The fourth-order valence-electron chi connectivity index (χ4n) is 2.38. The number of amides is 1. The molecule has 1 fully saturated rings. The molecule has 1 unspecified atom stereocenters. The molecule has 0 aromatic heterocycles. The number of rotatable bonds is 5. The second-order valence-corrected chi connectivity index (χ2v) is 6.22. The van der Waals surface area contributed by atoms with E-state index < -0.39 is 5.54 Å². The van der Waals surface area contributed by atoms with E-state index in [4.69, 9.17) is 5.73 Å². The van der Waals surface area contributed by atoms with Crippen LogP contribution in [-0.4, -0.2) is 22.4 Å². The summed E-state index contributed by atoms with van der Waals surface area (Å²) in [5.41, 5.74) is 6.35. The molecule has 1 aliphatic carbocycles. The number of benzene rings is 1. The van der Waals surface area contributed by atoms with Gasteiger partial charge in [0.15, 0.2) is 0 Å². The van der Waals surface area contributed by atoms with Crippen molar-refractivity contribution in [1.82, 2.24) is 4.90 Å². The van der Waals surface area contributed by atoms with Gasteiger partial charge in [-0.05, 0) is 45.1 Å². The second kappa shape index (κ2) is 5.33. The molecule has 0 radical (unpaired) electrons. The zero-order valence-electron chi connectivity index (χ0n) is 12.1. The molecule has 2 rings (SSSR count). The van der Waals surface area contributed by atoms with Gasteiger partial charge in [-0.2, -0.15) is 0 Å².